The minimum atomic E-state index is -0.397. The van der Waals surface area contributed by atoms with E-state index < -0.39 is 6.04 Å². The van der Waals surface area contributed by atoms with Gasteiger partial charge in [0.05, 0.1) is 22.6 Å². The summed E-state index contributed by atoms with van der Waals surface area (Å²) in [5, 5.41) is 1.14. The first-order chi connectivity index (χ1) is 18.0. The number of rotatable bonds is 7. The van der Waals surface area contributed by atoms with Crippen LogP contribution in [0.1, 0.15) is 56.5 Å². The number of nitrogens with zero attached hydrogens (tertiary/aromatic N) is 3. The predicted octanol–water partition coefficient (Wildman–Crippen LogP) is 6.75. The molecule has 1 aliphatic carbocycles. The second kappa shape index (κ2) is 11.3. The third kappa shape index (κ3) is 5.47. The van der Waals surface area contributed by atoms with Crippen LogP contribution in [0.2, 0.25) is 5.02 Å². The number of aromatic nitrogens is 2. The van der Waals surface area contributed by atoms with Crippen molar-refractivity contribution in [2.75, 3.05) is 6.54 Å². The molecule has 1 saturated carbocycles. The maximum Gasteiger partial charge on any atom is 0.266 e. The fourth-order valence-corrected chi connectivity index (χ4v) is 5.51. The Hall–Kier alpha value is -3.44. The van der Waals surface area contributed by atoms with Gasteiger partial charge in [0, 0.05) is 17.5 Å². The van der Waals surface area contributed by atoms with Crippen LogP contribution in [0.5, 0.6) is 0 Å². The fraction of sp³-hybridized carbons (Fsp3) is 0.323. The first kappa shape index (κ1) is 25.2. The molecule has 0 N–H and O–H groups in total. The first-order valence-corrected chi connectivity index (χ1v) is 13.5. The van der Waals surface area contributed by atoms with Crippen molar-refractivity contribution in [3.8, 4) is 5.69 Å². The van der Waals surface area contributed by atoms with E-state index >= 15 is 0 Å². The highest BCUT2D eigenvalue weighted by Crippen LogP contribution is 2.30. The van der Waals surface area contributed by atoms with E-state index in [-0.39, 0.29) is 17.4 Å². The molecular weight excluding hydrogens is 482 g/mol. The van der Waals surface area contributed by atoms with Gasteiger partial charge < -0.3 is 4.90 Å². The SMILES string of the molecule is CC(c1nc2ccccc2c(=O)n1-c1ccc(Cl)cc1)N(CCc1ccccc1)C(=O)C1CCCCC1. The van der Waals surface area contributed by atoms with E-state index in [2.05, 4.69) is 12.1 Å². The quantitative estimate of drug-likeness (QED) is 0.274. The van der Waals surface area contributed by atoms with E-state index in [4.69, 9.17) is 16.6 Å². The molecule has 6 heteroatoms. The lowest BCUT2D eigenvalue weighted by Crippen LogP contribution is -2.42. The van der Waals surface area contributed by atoms with Crippen LogP contribution in [0.15, 0.2) is 83.7 Å². The molecule has 3 aromatic carbocycles. The number of carbonyl (C=O) groups excluding carboxylic acids is 1. The lowest BCUT2D eigenvalue weighted by Gasteiger charge is -2.34. The fourth-order valence-electron chi connectivity index (χ4n) is 5.38. The summed E-state index contributed by atoms with van der Waals surface area (Å²) in [7, 11) is 0. The van der Waals surface area contributed by atoms with Crippen molar-refractivity contribution in [1.82, 2.24) is 14.5 Å². The second-order valence-electron chi connectivity index (χ2n) is 9.88. The summed E-state index contributed by atoms with van der Waals surface area (Å²) in [6, 6.07) is 24.4. The molecule has 1 fully saturated rings. The van der Waals surface area contributed by atoms with Gasteiger partial charge in [0.1, 0.15) is 5.82 Å². The zero-order chi connectivity index (χ0) is 25.8. The lowest BCUT2D eigenvalue weighted by atomic mass is 9.88. The van der Waals surface area contributed by atoms with Crippen molar-refractivity contribution in [2.45, 2.75) is 51.5 Å². The molecule has 4 aromatic rings. The topological polar surface area (TPSA) is 55.2 Å². The van der Waals surface area contributed by atoms with Crippen LogP contribution in [-0.4, -0.2) is 26.9 Å². The number of carbonyl (C=O) groups is 1. The summed E-state index contributed by atoms with van der Waals surface area (Å²) in [5.74, 6) is 0.736. The molecule has 1 heterocycles. The van der Waals surface area contributed by atoms with Gasteiger partial charge in [0.2, 0.25) is 5.91 Å². The second-order valence-corrected chi connectivity index (χ2v) is 10.3. The van der Waals surface area contributed by atoms with Crippen molar-refractivity contribution < 1.29 is 4.79 Å². The molecule has 0 bridgehead atoms. The van der Waals surface area contributed by atoms with Crippen LogP contribution in [0.4, 0.5) is 0 Å². The van der Waals surface area contributed by atoms with Gasteiger partial charge in [-0.1, -0.05) is 73.3 Å². The number of hydrogen-bond acceptors (Lipinski definition) is 3. The lowest BCUT2D eigenvalue weighted by molar-refractivity contribution is -0.139. The molecule has 1 unspecified atom stereocenters. The number of fused-ring (bicyclic) bond motifs is 1. The van der Waals surface area contributed by atoms with Gasteiger partial charge >= 0.3 is 0 Å². The maximum atomic E-state index is 14.0. The zero-order valence-electron chi connectivity index (χ0n) is 21.1. The van der Waals surface area contributed by atoms with Crippen LogP contribution in [0, 0.1) is 5.92 Å². The van der Waals surface area contributed by atoms with Gasteiger partial charge in [0.25, 0.3) is 5.56 Å². The molecule has 190 valence electrons. The minimum absolute atomic E-state index is 0.0168. The number of benzene rings is 3. The number of halogens is 1. The van der Waals surface area contributed by atoms with Gasteiger partial charge in [-0.2, -0.15) is 0 Å². The van der Waals surface area contributed by atoms with Crippen LogP contribution in [0.3, 0.4) is 0 Å². The normalized spacial score (nSPS) is 15.0. The highest BCUT2D eigenvalue weighted by Gasteiger charge is 2.32. The van der Waals surface area contributed by atoms with Crippen LogP contribution in [-0.2, 0) is 11.2 Å². The van der Waals surface area contributed by atoms with E-state index in [1.54, 1.807) is 22.8 Å². The standard InChI is InChI=1S/C31H32ClN3O2/c1-22(34(21-20-23-10-4-2-5-11-23)30(36)24-12-6-3-7-13-24)29-33-28-15-9-8-14-27(28)31(37)35(29)26-18-16-25(32)17-19-26/h2,4-5,8-11,14-19,22,24H,3,6-7,12-13,20-21H2,1H3. The molecule has 1 aromatic heterocycles. The number of hydrogen-bond donors (Lipinski definition) is 0. The third-order valence-corrected chi connectivity index (χ3v) is 7.70. The Kier molecular flexibility index (Phi) is 7.71. The van der Waals surface area contributed by atoms with Crippen molar-refractivity contribution >= 4 is 28.4 Å². The van der Waals surface area contributed by atoms with E-state index in [0.29, 0.717) is 34.0 Å². The van der Waals surface area contributed by atoms with Gasteiger partial charge in [-0.25, -0.2) is 4.98 Å². The molecule has 0 spiro atoms. The Morgan fingerprint density at radius 1 is 0.973 bits per heavy atom. The van der Waals surface area contributed by atoms with E-state index in [0.717, 1.165) is 32.1 Å². The number of para-hydroxylation sites is 1. The van der Waals surface area contributed by atoms with Gasteiger partial charge in [-0.15, -0.1) is 0 Å². The van der Waals surface area contributed by atoms with Crippen LogP contribution >= 0.6 is 11.6 Å². The zero-order valence-corrected chi connectivity index (χ0v) is 21.9. The molecular formula is C31H32ClN3O2. The first-order valence-electron chi connectivity index (χ1n) is 13.1. The summed E-state index contributed by atoms with van der Waals surface area (Å²) >= 11 is 6.16. The molecule has 0 saturated heterocycles. The largest absolute Gasteiger partial charge is 0.332 e. The summed E-state index contributed by atoms with van der Waals surface area (Å²) in [5.41, 5.74) is 2.34. The van der Waals surface area contributed by atoms with E-state index in [9.17, 15) is 9.59 Å². The molecule has 5 rings (SSSR count). The average Bonchev–Trinajstić information content (AvgIpc) is 2.94. The van der Waals surface area contributed by atoms with Gasteiger partial charge in [-0.05, 0) is 68.1 Å². The van der Waals surface area contributed by atoms with E-state index in [1.807, 2.05) is 60.4 Å². The molecule has 5 nitrogen and oxygen atoms in total. The Morgan fingerprint density at radius 3 is 2.38 bits per heavy atom. The van der Waals surface area contributed by atoms with Crippen LogP contribution < -0.4 is 5.56 Å². The monoisotopic (exact) mass is 513 g/mol. The molecule has 0 radical (unpaired) electrons. The van der Waals surface area contributed by atoms with Crippen molar-refractivity contribution in [2.24, 2.45) is 5.92 Å². The van der Waals surface area contributed by atoms with Gasteiger partial charge in [-0.3, -0.25) is 14.2 Å². The summed E-state index contributed by atoms with van der Waals surface area (Å²) in [6.45, 7) is 2.55. The van der Waals surface area contributed by atoms with E-state index in [1.165, 1.54) is 12.0 Å². The predicted molar refractivity (Wildman–Crippen MR) is 149 cm³/mol. The van der Waals surface area contributed by atoms with Gasteiger partial charge in [0.15, 0.2) is 0 Å². The molecule has 1 atom stereocenters. The Labute approximate surface area is 222 Å². The molecule has 1 amide bonds. The molecule has 37 heavy (non-hydrogen) atoms. The summed E-state index contributed by atoms with van der Waals surface area (Å²) < 4.78 is 1.65. The minimum Gasteiger partial charge on any atom is -0.332 e. The van der Waals surface area contributed by atoms with Crippen molar-refractivity contribution in [3.05, 3.63) is 106 Å². The van der Waals surface area contributed by atoms with Crippen LogP contribution in [0.25, 0.3) is 16.6 Å². The average molecular weight is 514 g/mol. The number of amides is 1. The summed E-state index contributed by atoms with van der Waals surface area (Å²) in [6.07, 6.45) is 5.93. The highest BCUT2D eigenvalue weighted by atomic mass is 35.5. The maximum absolute atomic E-state index is 14.0. The van der Waals surface area contributed by atoms with Crippen molar-refractivity contribution in [1.29, 1.82) is 0 Å². The Balaban J connectivity index is 1.60. The summed E-state index contributed by atoms with van der Waals surface area (Å²) in [4.78, 5) is 34.7. The van der Waals surface area contributed by atoms with Crippen molar-refractivity contribution in [3.63, 3.8) is 0 Å². The molecule has 1 aliphatic rings. The molecule has 0 aliphatic heterocycles. The Bertz CT molecular complexity index is 1430. The Morgan fingerprint density at radius 2 is 1.65 bits per heavy atom. The smallest absolute Gasteiger partial charge is 0.266 e. The highest BCUT2D eigenvalue weighted by molar-refractivity contribution is 6.30. The third-order valence-electron chi connectivity index (χ3n) is 7.45.